The van der Waals surface area contributed by atoms with Gasteiger partial charge in [0, 0.05) is 6.07 Å². The highest BCUT2D eigenvalue weighted by atomic mass is 19.1. The minimum absolute atomic E-state index is 0.251. The van der Waals surface area contributed by atoms with Gasteiger partial charge in [0.25, 0.3) is 0 Å². The van der Waals surface area contributed by atoms with E-state index >= 15 is 0 Å². The van der Waals surface area contributed by atoms with Crippen LogP contribution in [0.25, 0.3) is 0 Å². The van der Waals surface area contributed by atoms with E-state index in [0.717, 1.165) is 5.69 Å². The first-order valence-electron chi connectivity index (χ1n) is 3.84. The molecule has 0 fully saturated rings. The van der Waals surface area contributed by atoms with Gasteiger partial charge in [0.05, 0.1) is 19.0 Å². The molecule has 0 aliphatic carbocycles. The Balaban J connectivity index is 3.11. The number of aromatic nitrogens is 1. The van der Waals surface area contributed by atoms with E-state index in [1.807, 2.05) is 13.8 Å². The van der Waals surface area contributed by atoms with Gasteiger partial charge in [-0.2, -0.15) is 0 Å². The molecule has 66 valence electrons. The topological polar surface area (TPSA) is 22.1 Å². The van der Waals surface area contributed by atoms with Crippen molar-refractivity contribution in [2.45, 2.75) is 19.8 Å². The summed E-state index contributed by atoms with van der Waals surface area (Å²) in [4.78, 5) is 3.95. The highest BCUT2D eigenvalue weighted by Gasteiger charge is 2.09. The van der Waals surface area contributed by atoms with Crippen molar-refractivity contribution in [2.75, 3.05) is 7.11 Å². The summed E-state index contributed by atoms with van der Waals surface area (Å²) in [7, 11) is 1.52. The third-order valence-corrected chi connectivity index (χ3v) is 1.62. The fraction of sp³-hybridized carbons (Fsp3) is 0.444. The predicted molar refractivity (Wildman–Crippen MR) is 44.8 cm³/mol. The van der Waals surface area contributed by atoms with Crippen molar-refractivity contribution in [3.05, 3.63) is 23.8 Å². The van der Waals surface area contributed by atoms with Gasteiger partial charge in [-0.1, -0.05) is 13.8 Å². The molecule has 1 aromatic heterocycles. The van der Waals surface area contributed by atoms with Gasteiger partial charge in [-0.05, 0) is 5.92 Å². The van der Waals surface area contributed by atoms with Gasteiger partial charge >= 0.3 is 0 Å². The van der Waals surface area contributed by atoms with Crippen LogP contribution in [0.4, 0.5) is 4.39 Å². The largest absolute Gasteiger partial charge is 0.495 e. The van der Waals surface area contributed by atoms with Crippen molar-refractivity contribution in [3.8, 4) is 5.75 Å². The average molecular weight is 169 g/mol. The molecule has 0 aliphatic heterocycles. The monoisotopic (exact) mass is 169 g/mol. The molecule has 12 heavy (non-hydrogen) atoms. The molecule has 0 radical (unpaired) electrons. The van der Waals surface area contributed by atoms with Crippen molar-refractivity contribution in [1.29, 1.82) is 0 Å². The quantitative estimate of drug-likeness (QED) is 0.678. The molecule has 2 nitrogen and oxygen atoms in total. The molecule has 3 heteroatoms. The molecule has 0 bridgehead atoms. The van der Waals surface area contributed by atoms with Crippen LogP contribution in [0.5, 0.6) is 5.75 Å². The smallest absolute Gasteiger partial charge is 0.145 e. The van der Waals surface area contributed by atoms with Gasteiger partial charge in [-0.15, -0.1) is 0 Å². The lowest BCUT2D eigenvalue weighted by Crippen LogP contribution is -1.98. The zero-order valence-corrected chi connectivity index (χ0v) is 7.47. The third-order valence-electron chi connectivity index (χ3n) is 1.62. The lowest BCUT2D eigenvalue weighted by molar-refractivity contribution is 0.400. The first-order chi connectivity index (χ1) is 5.65. The van der Waals surface area contributed by atoms with Gasteiger partial charge in [-0.25, -0.2) is 4.39 Å². The lowest BCUT2D eigenvalue weighted by Gasteiger charge is -2.09. The SMILES string of the molecule is COc1cc(F)cnc1C(C)C. The Bertz CT molecular complexity index is 273. The second kappa shape index (κ2) is 3.52. The first kappa shape index (κ1) is 8.97. The van der Waals surface area contributed by atoms with Crippen LogP contribution < -0.4 is 4.74 Å². The first-order valence-corrected chi connectivity index (χ1v) is 3.84. The van der Waals surface area contributed by atoms with Crippen molar-refractivity contribution < 1.29 is 9.13 Å². The number of hydrogen-bond acceptors (Lipinski definition) is 2. The summed E-state index contributed by atoms with van der Waals surface area (Å²) < 4.78 is 17.6. The molecule has 1 rings (SSSR count). The normalized spacial score (nSPS) is 10.4. The molecule has 1 aromatic rings. The molecular weight excluding hydrogens is 157 g/mol. The number of nitrogens with zero attached hydrogens (tertiary/aromatic N) is 1. The van der Waals surface area contributed by atoms with Gasteiger partial charge in [0.1, 0.15) is 11.6 Å². The number of hydrogen-bond donors (Lipinski definition) is 0. The van der Waals surface area contributed by atoms with Gasteiger partial charge in [-0.3, -0.25) is 4.98 Å². The molecule has 0 aromatic carbocycles. The van der Waals surface area contributed by atoms with Crippen molar-refractivity contribution in [3.63, 3.8) is 0 Å². The van der Waals surface area contributed by atoms with Crippen molar-refractivity contribution in [2.24, 2.45) is 0 Å². The standard InChI is InChI=1S/C9H12FNO/c1-6(2)9-8(12-3)4-7(10)5-11-9/h4-6H,1-3H3. The van der Waals surface area contributed by atoms with Crippen LogP contribution in [0.1, 0.15) is 25.5 Å². The fourth-order valence-electron chi connectivity index (χ4n) is 1.03. The lowest BCUT2D eigenvalue weighted by atomic mass is 10.1. The molecule has 1 heterocycles. The Kier molecular flexibility index (Phi) is 2.63. The van der Waals surface area contributed by atoms with Crippen LogP contribution >= 0.6 is 0 Å². The van der Waals surface area contributed by atoms with Crippen LogP contribution in [0.2, 0.25) is 0 Å². The Morgan fingerprint density at radius 1 is 1.50 bits per heavy atom. The summed E-state index contributed by atoms with van der Waals surface area (Å²) in [6.07, 6.45) is 1.21. The van der Waals surface area contributed by atoms with Crippen LogP contribution in [-0.2, 0) is 0 Å². The number of methoxy groups -OCH3 is 1. The van der Waals surface area contributed by atoms with E-state index < -0.39 is 0 Å². The Morgan fingerprint density at radius 3 is 2.67 bits per heavy atom. The van der Waals surface area contributed by atoms with E-state index in [1.54, 1.807) is 0 Å². The summed E-state index contributed by atoms with van der Waals surface area (Å²) in [6, 6.07) is 1.35. The van der Waals surface area contributed by atoms with Gasteiger partial charge in [0.2, 0.25) is 0 Å². The summed E-state index contributed by atoms with van der Waals surface area (Å²) in [5.41, 5.74) is 0.791. The maximum atomic E-state index is 12.7. The minimum atomic E-state index is -0.365. The molecule has 0 atom stereocenters. The number of pyridine rings is 1. The third kappa shape index (κ3) is 1.72. The zero-order valence-electron chi connectivity index (χ0n) is 7.47. The molecule has 0 saturated heterocycles. The van der Waals surface area contributed by atoms with Crippen LogP contribution in [0, 0.1) is 5.82 Å². The zero-order chi connectivity index (χ0) is 9.14. The summed E-state index contributed by atoms with van der Waals surface area (Å²) >= 11 is 0. The predicted octanol–water partition coefficient (Wildman–Crippen LogP) is 2.35. The molecular formula is C9H12FNO. The van der Waals surface area contributed by atoms with E-state index in [2.05, 4.69) is 4.98 Å². The molecule has 0 unspecified atom stereocenters. The number of rotatable bonds is 2. The molecule has 0 saturated carbocycles. The molecule has 0 amide bonds. The average Bonchev–Trinajstić information content (AvgIpc) is 2.03. The van der Waals surface area contributed by atoms with E-state index in [0.29, 0.717) is 5.75 Å². The van der Waals surface area contributed by atoms with Gasteiger partial charge in [0.15, 0.2) is 0 Å². The van der Waals surface area contributed by atoms with Crippen molar-refractivity contribution >= 4 is 0 Å². The van der Waals surface area contributed by atoms with E-state index in [1.165, 1.54) is 19.4 Å². The summed E-state index contributed by atoms with van der Waals surface area (Å²) in [6.45, 7) is 3.98. The van der Waals surface area contributed by atoms with E-state index in [-0.39, 0.29) is 11.7 Å². The van der Waals surface area contributed by atoms with Crippen LogP contribution in [0.15, 0.2) is 12.3 Å². The minimum Gasteiger partial charge on any atom is -0.495 e. The summed E-state index contributed by atoms with van der Waals surface area (Å²) in [5.74, 6) is 0.404. The van der Waals surface area contributed by atoms with Gasteiger partial charge < -0.3 is 4.74 Å². The fourth-order valence-corrected chi connectivity index (χ4v) is 1.03. The van der Waals surface area contributed by atoms with Crippen molar-refractivity contribution in [1.82, 2.24) is 4.98 Å². The number of halogens is 1. The second-order valence-electron chi connectivity index (χ2n) is 2.90. The highest BCUT2D eigenvalue weighted by Crippen LogP contribution is 2.23. The maximum Gasteiger partial charge on any atom is 0.145 e. The van der Waals surface area contributed by atoms with Crippen LogP contribution in [-0.4, -0.2) is 12.1 Å². The Hall–Kier alpha value is -1.12. The Labute approximate surface area is 71.4 Å². The molecule has 0 spiro atoms. The van der Waals surface area contributed by atoms with Crippen LogP contribution in [0.3, 0.4) is 0 Å². The maximum absolute atomic E-state index is 12.7. The van der Waals surface area contributed by atoms with E-state index in [9.17, 15) is 4.39 Å². The second-order valence-corrected chi connectivity index (χ2v) is 2.90. The molecule has 0 aliphatic rings. The molecule has 0 N–H and O–H groups in total. The highest BCUT2D eigenvalue weighted by molar-refractivity contribution is 5.29. The number of ether oxygens (including phenoxy) is 1. The Morgan fingerprint density at radius 2 is 2.17 bits per heavy atom. The van der Waals surface area contributed by atoms with E-state index in [4.69, 9.17) is 4.74 Å². The summed E-state index contributed by atoms with van der Waals surface area (Å²) in [5, 5.41) is 0.